The van der Waals surface area contributed by atoms with E-state index in [4.69, 9.17) is 7.16 Å². The Labute approximate surface area is 189 Å². The van der Waals surface area contributed by atoms with E-state index < -0.39 is 6.37 Å². The predicted octanol–water partition coefficient (Wildman–Crippen LogP) is 7.91. The van der Waals surface area contributed by atoms with E-state index >= 15 is 0 Å². The molecule has 0 N–H and O–H groups in total. The fraction of sp³-hybridized carbons (Fsp3) is 0.0333. The SMILES string of the molecule is [2H]C([2H])(c1ccccc1)c1cccc2c1oc1ccc(-c3cc(-c4ccccc4)ccn3)cc12. The first-order valence-corrected chi connectivity index (χ1v) is 10.6. The Kier molecular flexibility index (Phi) is 4.04. The summed E-state index contributed by atoms with van der Waals surface area (Å²) in [6, 6.07) is 35.3. The molecule has 2 aromatic heterocycles. The monoisotopic (exact) mass is 413 g/mol. The summed E-state index contributed by atoms with van der Waals surface area (Å²) < 4.78 is 23.9. The molecule has 0 radical (unpaired) electrons. The number of hydrogen-bond donors (Lipinski definition) is 0. The van der Waals surface area contributed by atoms with Crippen molar-refractivity contribution in [1.29, 1.82) is 0 Å². The van der Waals surface area contributed by atoms with Crippen molar-refractivity contribution in [2.45, 2.75) is 6.37 Å². The van der Waals surface area contributed by atoms with Gasteiger partial charge in [0.1, 0.15) is 11.2 Å². The van der Waals surface area contributed by atoms with Gasteiger partial charge in [0, 0.05) is 31.6 Å². The van der Waals surface area contributed by atoms with Crippen molar-refractivity contribution in [1.82, 2.24) is 4.98 Å². The highest BCUT2D eigenvalue weighted by molar-refractivity contribution is 6.07. The molecule has 6 aromatic rings. The maximum atomic E-state index is 8.84. The summed E-state index contributed by atoms with van der Waals surface area (Å²) in [7, 11) is 0. The lowest BCUT2D eigenvalue weighted by molar-refractivity contribution is 0.664. The van der Waals surface area contributed by atoms with Gasteiger partial charge in [-0.05, 0) is 52.6 Å². The van der Waals surface area contributed by atoms with E-state index in [0.717, 1.165) is 38.7 Å². The van der Waals surface area contributed by atoms with Crippen LogP contribution in [0.1, 0.15) is 13.9 Å². The van der Waals surface area contributed by atoms with Crippen molar-refractivity contribution in [3.8, 4) is 22.4 Å². The number of para-hydroxylation sites is 1. The molecule has 152 valence electrons. The summed E-state index contributed by atoms with van der Waals surface area (Å²) in [6.07, 6.45) is 0.158. The molecular formula is C30H21NO. The van der Waals surface area contributed by atoms with Crippen LogP contribution in [0.2, 0.25) is 0 Å². The minimum absolute atomic E-state index is 0.526. The van der Waals surface area contributed by atoms with Crippen LogP contribution in [0.4, 0.5) is 0 Å². The fourth-order valence-corrected chi connectivity index (χ4v) is 4.13. The van der Waals surface area contributed by atoms with E-state index in [1.165, 1.54) is 0 Å². The van der Waals surface area contributed by atoms with Gasteiger partial charge in [0.2, 0.25) is 0 Å². The predicted molar refractivity (Wildman–Crippen MR) is 132 cm³/mol. The summed E-state index contributed by atoms with van der Waals surface area (Å²) in [5, 5.41) is 1.85. The molecule has 32 heavy (non-hydrogen) atoms. The van der Waals surface area contributed by atoms with Gasteiger partial charge in [-0.1, -0.05) is 78.9 Å². The van der Waals surface area contributed by atoms with Crippen LogP contribution < -0.4 is 0 Å². The smallest absolute Gasteiger partial charge is 0.138 e. The van der Waals surface area contributed by atoms with Crippen molar-refractivity contribution < 1.29 is 7.16 Å². The van der Waals surface area contributed by atoms with Gasteiger partial charge in [-0.3, -0.25) is 4.98 Å². The van der Waals surface area contributed by atoms with Gasteiger partial charge in [0.25, 0.3) is 0 Å². The largest absolute Gasteiger partial charge is 0.456 e. The van der Waals surface area contributed by atoms with E-state index in [-0.39, 0.29) is 0 Å². The molecule has 0 fully saturated rings. The maximum absolute atomic E-state index is 8.84. The zero-order valence-corrected chi connectivity index (χ0v) is 17.3. The average Bonchev–Trinajstić information content (AvgIpc) is 3.28. The molecule has 0 aliphatic heterocycles. The van der Waals surface area contributed by atoms with E-state index in [0.29, 0.717) is 16.7 Å². The Hall–Kier alpha value is -4.17. The van der Waals surface area contributed by atoms with Gasteiger partial charge in [0.05, 0.1) is 5.69 Å². The van der Waals surface area contributed by atoms with Crippen LogP contribution in [0, 0.1) is 0 Å². The van der Waals surface area contributed by atoms with Crippen molar-refractivity contribution in [3.05, 3.63) is 127 Å². The molecule has 0 saturated carbocycles. The Morgan fingerprint density at radius 1 is 0.656 bits per heavy atom. The number of pyridine rings is 1. The average molecular weight is 414 g/mol. The van der Waals surface area contributed by atoms with Crippen LogP contribution >= 0.6 is 0 Å². The molecule has 0 unspecified atom stereocenters. The highest BCUT2D eigenvalue weighted by Gasteiger charge is 2.13. The topological polar surface area (TPSA) is 26.0 Å². The van der Waals surface area contributed by atoms with Gasteiger partial charge >= 0.3 is 0 Å². The Bertz CT molecular complexity index is 1620. The molecule has 6 rings (SSSR count). The van der Waals surface area contributed by atoms with E-state index in [2.05, 4.69) is 29.2 Å². The number of fused-ring (bicyclic) bond motifs is 3. The van der Waals surface area contributed by atoms with E-state index in [9.17, 15) is 0 Å². The molecule has 0 amide bonds. The molecule has 0 aliphatic carbocycles. The first-order chi connectivity index (χ1) is 16.6. The molecule has 0 aliphatic rings. The maximum Gasteiger partial charge on any atom is 0.138 e. The lowest BCUT2D eigenvalue weighted by Crippen LogP contribution is -1.87. The summed E-state index contributed by atoms with van der Waals surface area (Å²) >= 11 is 0. The zero-order valence-electron chi connectivity index (χ0n) is 19.3. The Morgan fingerprint density at radius 2 is 1.47 bits per heavy atom. The molecule has 2 heterocycles. The number of aromatic nitrogens is 1. The number of rotatable bonds is 4. The quantitative estimate of drug-likeness (QED) is 0.293. The molecule has 4 aromatic carbocycles. The highest BCUT2D eigenvalue weighted by Crippen LogP contribution is 2.35. The number of furan rings is 1. The van der Waals surface area contributed by atoms with Crippen molar-refractivity contribution >= 4 is 21.9 Å². The second-order valence-electron chi connectivity index (χ2n) is 7.78. The summed E-state index contributed by atoms with van der Waals surface area (Å²) in [4.78, 5) is 4.61. The second-order valence-corrected chi connectivity index (χ2v) is 7.78. The van der Waals surface area contributed by atoms with Gasteiger partial charge in [0.15, 0.2) is 0 Å². The zero-order chi connectivity index (χ0) is 23.1. The lowest BCUT2D eigenvalue weighted by atomic mass is 10.0. The van der Waals surface area contributed by atoms with Crippen LogP contribution in [0.5, 0.6) is 0 Å². The van der Waals surface area contributed by atoms with Crippen LogP contribution in [-0.2, 0) is 6.37 Å². The molecule has 0 saturated heterocycles. The minimum Gasteiger partial charge on any atom is -0.456 e. The highest BCUT2D eigenvalue weighted by atomic mass is 16.3. The molecule has 2 heteroatoms. The van der Waals surface area contributed by atoms with Crippen LogP contribution in [0.15, 0.2) is 120 Å². The summed E-state index contributed by atoms with van der Waals surface area (Å²) in [5.74, 6) is 0. The third kappa shape index (κ3) is 3.36. The Morgan fingerprint density at radius 3 is 2.31 bits per heavy atom. The molecule has 0 bridgehead atoms. The van der Waals surface area contributed by atoms with Gasteiger partial charge < -0.3 is 4.42 Å². The molecule has 2 nitrogen and oxygen atoms in total. The Balaban J connectivity index is 1.49. The first kappa shape index (κ1) is 16.5. The normalized spacial score (nSPS) is 12.6. The number of hydrogen-bond acceptors (Lipinski definition) is 2. The summed E-state index contributed by atoms with van der Waals surface area (Å²) in [5.41, 5.74) is 6.57. The van der Waals surface area contributed by atoms with Crippen molar-refractivity contribution in [2.75, 3.05) is 0 Å². The number of benzene rings is 4. The van der Waals surface area contributed by atoms with Crippen LogP contribution in [0.3, 0.4) is 0 Å². The lowest BCUT2D eigenvalue weighted by Gasteiger charge is -2.05. The fourth-order valence-electron chi connectivity index (χ4n) is 4.13. The van der Waals surface area contributed by atoms with Crippen molar-refractivity contribution in [3.63, 3.8) is 0 Å². The molecule has 0 atom stereocenters. The third-order valence-corrected chi connectivity index (χ3v) is 5.71. The van der Waals surface area contributed by atoms with Crippen molar-refractivity contribution in [2.24, 2.45) is 0 Å². The summed E-state index contributed by atoms with van der Waals surface area (Å²) in [6.45, 7) is 0. The second kappa shape index (κ2) is 7.82. The molecule has 0 spiro atoms. The van der Waals surface area contributed by atoms with Crippen LogP contribution in [0.25, 0.3) is 44.3 Å². The third-order valence-electron chi connectivity index (χ3n) is 5.71. The van der Waals surface area contributed by atoms with E-state index in [1.807, 2.05) is 91.1 Å². The first-order valence-electron chi connectivity index (χ1n) is 11.6. The minimum atomic E-state index is -1.68. The standard InChI is InChI=1S/C30H21NO/c1-3-8-21(9-4-1)18-25-12-7-13-26-27-19-24(14-15-29(27)32-30(25)26)28-20-23(16-17-31-28)22-10-5-2-6-11-22/h1-17,19-20H,18H2/i18D2. The van der Waals surface area contributed by atoms with E-state index in [1.54, 1.807) is 0 Å². The van der Waals surface area contributed by atoms with Gasteiger partial charge in [-0.25, -0.2) is 0 Å². The van der Waals surface area contributed by atoms with Gasteiger partial charge in [-0.15, -0.1) is 0 Å². The number of nitrogens with zero attached hydrogens (tertiary/aromatic N) is 1. The van der Waals surface area contributed by atoms with Crippen LogP contribution in [-0.4, -0.2) is 4.98 Å². The van der Waals surface area contributed by atoms with Gasteiger partial charge in [-0.2, -0.15) is 0 Å². The molecular weight excluding hydrogens is 390 g/mol.